The first-order valence-electron chi connectivity index (χ1n) is 10.3. The first-order valence-corrected chi connectivity index (χ1v) is 10.3. The third kappa shape index (κ3) is 4.84. The van der Waals surface area contributed by atoms with E-state index in [1.165, 1.54) is 0 Å². The molecule has 0 saturated carbocycles. The maximum absolute atomic E-state index is 12.1. The first kappa shape index (κ1) is 20.1. The number of carbonyl (C=O) groups excluding carboxylic acids is 1. The summed E-state index contributed by atoms with van der Waals surface area (Å²) in [6, 6.07) is 15.5. The number of rotatable bonds is 5. The minimum absolute atomic E-state index is 0.141. The van der Waals surface area contributed by atoms with Gasteiger partial charge in [0.1, 0.15) is 19.0 Å². The summed E-state index contributed by atoms with van der Waals surface area (Å²) in [7, 11) is 0. The second-order valence-electron chi connectivity index (χ2n) is 7.81. The van der Waals surface area contributed by atoms with Gasteiger partial charge in [-0.05, 0) is 36.5 Å². The zero-order valence-electron chi connectivity index (χ0n) is 16.8. The molecule has 0 radical (unpaired) electrons. The molecule has 1 amide bonds. The Morgan fingerprint density at radius 3 is 2.63 bits per heavy atom. The van der Waals surface area contributed by atoms with Crippen molar-refractivity contribution in [1.82, 2.24) is 5.32 Å². The molecule has 1 atom stereocenters. The van der Waals surface area contributed by atoms with Gasteiger partial charge in [0.25, 0.3) is 0 Å². The van der Waals surface area contributed by atoms with E-state index in [-0.39, 0.29) is 18.6 Å². The largest absolute Gasteiger partial charge is 0.491 e. The zero-order chi connectivity index (χ0) is 20.9. The van der Waals surface area contributed by atoms with Crippen LogP contribution in [0, 0.1) is 5.92 Å². The number of hydrogen-bond donors (Lipinski definition) is 2. The lowest BCUT2D eigenvalue weighted by Crippen LogP contribution is -2.43. The third-order valence-corrected chi connectivity index (χ3v) is 5.70. The summed E-state index contributed by atoms with van der Waals surface area (Å²) >= 11 is 0. The molecule has 158 valence electrons. The number of carboxylic acids is 1. The second kappa shape index (κ2) is 9.07. The van der Waals surface area contributed by atoms with Gasteiger partial charge in [-0.1, -0.05) is 36.4 Å². The molecule has 2 N–H and O–H groups in total. The van der Waals surface area contributed by atoms with Crippen molar-refractivity contribution >= 4 is 17.7 Å². The molecule has 4 rings (SSSR count). The molecule has 1 saturated heterocycles. The average Bonchev–Trinajstić information content (AvgIpc) is 2.78. The Balaban J connectivity index is 1.29. The van der Waals surface area contributed by atoms with Crippen molar-refractivity contribution in [3.63, 3.8) is 0 Å². The molecule has 0 unspecified atom stereocenters. The fourth-order valence-corrected chi connectivity index (χ4v) is 3.97. The van der Waals surface area contributed by atoms with Crippen LogP contribution in [0.25, 0.3) is 0 Å². The molecule has 0 aromatic heterocycles. The summed E-state index contributed by atoms with van der Waals surface area (Å²) in [5.41, 5.74) is 3.03. The number of hydrogen-bond acceptors (Lipinski definition) is 5. The van der Waals surface area contributed by atoms with Gasteiger partial charge in [0.15, 0.2) is 0 Å². The van der Waals surface area contributed by atoms with Crippen molar-refractivity contribution in [2.75, 3.05) is 24.6 Å². The number of aliphatic carboxylic acids is 1. The van der Waals surface area contributed by atoms with Crippen LogP contribution in [0.2, 0.25) is 0 Å². The van der Waals surface area contributed by atoms with Crippen LogP contribution in [0.4, 0.5) is 10.5 Å². The summed E-state index contributed by atoms with van der Waals surface area (Å²) in [6.07, 6.45) is 1.54. The van der Waals surface area contributed by atoms with Crippen LogP contribution in [-0.2, 0) is 22.6 Å². The minimum Gasteiger partial charge on any atom is -0.491 e. The molecule has 0 spiro atoms. The molecule has 7 nitrogen and oxygen atoms in total. The van der Waals surface area contributed by atoms with E-state index >= 15 is 0 Å². The standard InChI is InChI=1S/C23H26N2O5/c26-22(27)17-8-10-25(11-9-17)20-7-6-18-12-19(15-29-21(18)13-20)24-23(28)30-14-16-4-2-1-3-5-16/h1-7,13,17,19H,8-12,14-15H2,(H,24,28)(H,26,27)/t19-/m1/s1. The Morgan fingerprint density at radius 1 is 1.13 bits per heavy atom. The molecule has 2 aliphatic heterocycles. The number of nitrogens with zero attached hydrogens (tertiary/aromatic N) is 1. The summed E-state index contributed by atoms with van der Waals surface area (Å²) in [5.74, 6) is -0.128. The first-order chi connectivity index (χ1) is 14.6. The van der Waals surface area contributed by atoms with Crippen molar-refractivity contribution in [1.29, 1.82) is 0 Å². The van der Waals surface area contributed by atoms with Gasteiger partial charge in [-0.3, -0.25) is 4.79 Å². The zero-order valence-corrected chi connectivity index (χ0v) is 16.8. The quantitative estimate of drug-likeness (QED) is 0.787. The Kier molecular flexibility index (Phi) is 6.07. The molecule has 0 bridgehead atoms. The molecule has 7 heteroatoms. The summed E-state index contributed by atoms with van der Waals surface area (Å²) < 4.78 is 11.2. The normalized spacial score (nSPS) is 18.8. The number of nitrogens with one attached hydrogen (secondary N) is 1. The van der Waals surface area contributed by atoms with Gasteiger partial charge in [0.05, 0.1) is 12.0 Å². The number of carbonyl (C=O) groups is 2. The van der Waals surface area contributed by atoms with Gasteiger partial charge in [-0.15, -0.1) is 0 Å². The van der Waals surface area contributed by atoms with E-state index in [0.717, 1.165) is 35.7 Å². The average molecular weight is 410 g/mol. The summed E-state index contributed by atoms with van der Waals surface area (Å²) in [4.78, 5) is 25.4. The van der Waals surface area contributed by atoms with E-state index in [2.05, 4.69) is 10.2 Å². The molecule has 2 aromatic rings. The third-order valence-electron chi connectivity index (χ3n) is 5.70. The highest BCUT2D eigenvalue weighted by Gasteiger charge is 2.26. The van der Waals surface area contributed by atoms with Gasteiger partial charge in [-0.25, -0.2) is 4.79 Å². The predicted octanol–water partition coefficient (Wildman–Crippen LogP) is 3.22. The van der Waals surface area contributed by atoms with Crippen LogP contribution in [0.15, 0.2) is 48.5 Å². The van der Waals surface area contributed by atoms with E-state index in [1.807, 2.05) is 48.5 Å². The number of alkyl carbamates (subject to hydrolysis) is 1. The molecule has 0 aliphatic carbocycles. The smallest absolute Gasteiger partial charge is 0.407 e. The molecule has 2 aliphatic rings. The van der Waals surface area contributed by atoms with Gasteiger partial charge in [-0.2, -0.15) is 0 Å². The molecule has 2 heterocycles. The lowest BCUT2D eigenvalue weighted by molar-refractivity contribution is -0.142. The van der Waals surface area contributed by atoms with Crippen LogP contribution in [0.3, 0.4) is 0 Å². The molecule has 2 aromatic carbocycles. The number of anilines is 1. The molecular weight excluding hydrogens is 384 g/mol. The van der Waals surface area contributed by atoms with Crippen molar-refractivity contribution in [2.24, 2.45) is 5.92 Å². The Labute approximate surface area is 175 Å². The van der Waals surface area contributed by atoms with Gasteiger partial charge >= 0.3 is 12.1 Å². The minimum atomic E-state index is -0.704. The SMILES string of the molecule is O=C(N[C@H]1COc2cc(N3CCC(C(=O)O)CC3)ccc2C1)OCc1ccccc1. The number of fused-ring (bicyclic) bond motifs is 1. The molecule has 1 fully saturated rings. The number of carboxylic acid groups (broad SMARTS) is 1. The maximum atomic E-state index is 12.1. The van der Waals surface area contributed by atoms with E-state index in [9.17, 15) is 9.59 Å². The molecule has 30 heavy (non-hydrogen) atoms. The van der Waals surface area contributed by atoms with Gasteiger partial charge in [0, 0.05) is 24.8 Å². The van der Waals surface area contributed by atoms with Gasteiger partial charge in [0.2, 0.25) is 0 Å². The topological polar surface area (TPSA) is 88.1 Å². The molecular formula is C23H26N2O5. The Bertz CT molecular complexity index is 894. The van der Waals surface area contributed by atoms with Crippen molar-refractivity contribution in [3.8, 4) is 5.75 Å². The van der Waals surface area contributed by atoms with Crippen LogP contribution in [0.5, 0.6) is 5.75 Å². The number of amides is 1. The van der Waals surface area contributed by atoms with Crippen LogP contribution in [0.1, 0.15) is 24.0 Å². The van der Waals surface area contributed by atoms with Gasteiger partial charge < -0.3 is 24.8 Å². The van der Waals surface area contributed by atoms with Crippen LogP contribution >= 0.6 is 0 Å². The fraction of sp³-hybridized carbons (Fsp3) is 0.391. The van der Waals surface area contributed by atoms with Crippen LogP contribution in [-0.4, -0.2) is 42.9 Å². The Morgan fingerprint density at radius 2 is 1.90 bits per heavy atom. The Hall–Kier alpha value is -3.22. The van der Waals surface area contributed by atoms with E-state index in [4.69, 9.17) is 14.6 Å². The van der Waals surface area contributed by atoms with Crippen molar-refractivity contribution in [3.05, 3.63) is 59.7 Å². The highest BCUT2D eigenvalue weighted by Crippen LogP contribution is 2.32. The second-order valence-corrected chi connectivity index (χ2v) is 7.81. The number of benzene rings is 2. The van der Waals surface area contributed by atoms with Crippen LogP contribution < -0.4 is 15.0 Å². The lowest BCUT2D eigenvalue weighted by Gasteiger charge is -2.33. The number of ether oxygens (including phenoxy) is 2. The predicted molar refractivity (Wildman–Crippen MR) is 112 cm³/mol. The number of piperidine rings is 1. The fourth-order valence-electron chi connectivity index (χ4n) is 3.97. The van der Waals surface area contributed by atoms with Crippen molar-refractivity contribution in [2.45, 2.75) is 31.9 Å². The van der Waals surface area contributed by atoms with Crippen molar-refractivity contribution < 1.29 is 24.2 Å². The lowest BCUT2D eigenvalue weighted by atomic mass is 9.96. The highest BCUT2D eigenvalue weighted by molar-refractivity contribution is 5.70. The monoisotopic (exact) mass is 410 g/mol. The van der Waals surface area contributed by atoms with E-state index in [1.54, 1.807) is 0 Å². The van der Waals surface area contributed by atoms with E-state index in [0.29, 0.717) is 25.9 Å². The maximum Gasteiger partial charge on any atom is 0.407 e. The summed E-state index contributed by atoms with van der Waals surface area (Å²) in [6.45, 7) is 2.08. The van der Waals surface area contributed by atoms with E-state index < -0.39 is 12.1 Å². The highest BCUT2D eigenvalue weighted by atomic mass is 16.5. The summed E-state index contributed by atoms with van der Waals surface area (Å²) in [5, 5.41) is 12.0.